The summed E-state index contributed by atoms with van der Waals surface area (Å²) in [7, 11) is -4.20. The molecular formula is C12H9FN2O5S. The van der Waals surface area contributed by atoms with Crippen LogP contribution in [0.4, 0.5) is 10.1 Å². The SMILES string of the molecule is O=C(O)c1cc(O)ccc1NS(=O)(=O)c1cncc(F)c1. The van der Waals surface area contributed by atoms with Gasteiger partial charge >= 0.3 is 5.97 Å². The van der Waals surface area contributed by atoms with Crippen LogP contribution in [0, 0.1) is 5.82 Å². The maximum absolute atomic E-state index is 13.0. The number of phenolic OH excluding ortho intramolecular Hbond substituents is 1. The largest absolute Gasteiger partial charge is 0.508 e. The fourth-order valence-electron chi connectivity index (χ4n) is 1.54. The Bertz CT molecular complexity index is 807. The van der Waals surface area contributed by atoms with E-state index in [2.05, 4.69) is 4.98 Å². The van der Waals surface area contributed by atoms with Gasteiger partial charge in [0, 0.05) is 6.20 Å². The molecular weight excluding hydrogens is 303 g/mol. The van der Waals surface area contributed by atoms with Crippen LogP contribution in [0.15, 0.2) is 41.6 Å². The summed E-state index contributed by atoms with van der Waals surface area (Å²) in [6.07, 6.45) is 1.76. The van der Waals surface area contributed by atoms with Crippen LogP contribution in [0.2, 0.25) is 0 Å². The Morgan fingerprint density at radius 1 is 1.24 bits per heavy atom. The molecule has 0 spiro atoms. The van der Waals surface area contributed by atoms with Crippen molar-refractivity contribution in [1.82, 2.24) is 4.98 Å². The van der Waals surface area contributed by atoms with Gasteiger partial charge in [0.1, 0.15) is 16.5 Å². The van der Waals surface area contributed by atoms with Gasteiger partial charge in [-0.25, -0.2) is 17.6 Å². The average molecular weight is 312 g/mol. The van der Waals surface area contributed by atoms with Crippen molar-refractivity contribution in [2.45, 2.75) is 4.90 Å². The maximum Gasteiger partial charge on any atom is 0.337 e. The van der Waals surface area contributed by atoms with Crippen LogP contribution in [0.1, 0.15) is 10.4 Å². The van der Waals surface area contributed by atoms with Gasteiger partial charge in [0.2, 0.25) is 0 Å². The van der Waals surface area contributed by atoms with Gasteiger partial charge in [0.05, 0.1) is 17.4 Å². The minimum atomic E-state index is -4.20. The maximum atomic E-state index is 13.0. The van der Waals surface area contributed by atoms with Gasteiger partial charge in [0.25, 0.3) is 10.0 Å². The predicted octanol–water partition coefficient (Wildman–Crippen LogP) is 1.43. The molecule has 0 saturated carbocycles. The fourth-order valence-corrected chi connectivity index (χ4v) is 2.59. The predicted molar refractivity (Wildman–Crippen MR) is 70.1 cm³/mol. The molecule has 7 nitrogen and oxygen atoms in total. The molecule has 0 aliphatic heterocycles. The van der Waals surface area contributed by atoms with Crippen LogP contribution in [0.25, 0.3) is 0 Å². The number of aromatic carboxylic acids is 1. The van der Waals surface area contributed by atoms with Gasteiger partial charge in [-0.3, -0.25) is 9.71 Å². The number of carboxylic acid groups (broad SMARTS) is 1. The number of aromatic nitrogens is 1. The molecule has 0 fully saturated rings. The van der Waals surface area contributed by atoms with Gasteiger partial charge in [-0.2, -0.15) is 0 Å². The average Bonchev–Trinajstić information content (AvgIpc) is 2.40. The van der Waals surface area contributed by atoms with Crippen molar-refractivity contribution in [3.8, 4) is 5.75 Å². The zero-order valence-corrected chi connectivity index (χ0v) is 11.1. The van der Waals surface area contributed by atoms with Crippen LogP contribution in [-0.4, -0.2) is 29.6 Å². The number of halogens is 1. The highest BCUT2D eigenvalue weighted by Gasteiger charge is 2.19. The van der Waals surface area contributed by atoms with Crippen LogP contribution in [-0.2, 0) is 10.0 Å². The molecule has 2 aromatic rings. The molecule has 1 heterocycles. The van der Waals surface area contributed by atoms with Crippen molar-refractivity contribution < 1.29 is 27.8 Å². The first-order chi connectivity index (χ1) is 9.79. The summed E-state index contributed by atoms with van der Waals surface area (Å²) in [5.74, 6) is -2.61. The normalized spacial score (nSPS) is 11.1. The Balaban J connectivity index is 2.44. The van der Waals surface area contributed by atoms with Crippen LogP contribution >= 0.6 is 0 Å². The Morgan fingerprint density at radius 3 is 2.57 bits per heavy atom. The molecule has 1 aromatic carbocycles. The molecule has 21 heavy (non-hydrogen) atoms. The number of nitrogens with zero attached hydrogens (tertiary/aromatic N) is 1. The molecule has 0 atom stereocenters. The zero-order valence-electron chi connectivity index (χ0n) is 10.3. The number of phenols is 1. The van der Waals surface area contributed by atoms with E-state index in [4.69, 9.17) is 5.11 Å². The number of carbonyl (C=O) groups is 1. The molecule has 1 aromatic heterocycles. The van der Waals surface area contributed by atoms with Gasteiger partial charge in [0.15, 0.2) is 0 Å². The first-order valence-corrected chi connectivity index (χ1v) is 6.97. The van der Waals surface area contributed by atoms with Gasteiger partial charge in [-0.05, 0) is 24.3 Å². The Morgan fingerprint density at radius 2 is 1.95 bits per heavy atom. The van der Waals surface area contributed by atoms with E-state index in [1.807, 2.05) is 4.72 Å². The number of nitrogens with one attached hydrogen (secondary N) is 1. The van der Waals surface area contributed by atoms with Gasteiger partial charge < -0.3 is 10.2 Å². The van der Waals surface area contributed by atoms with Crippen LogP contribution in [0.3, 0.4) is 0 Å². The number of sulfonamides is 1. The number of benzene rings is 1. The summed E-state index contributed by atoms with van der Waals surface area (Å²) in [4.78, 5) is 14.0. The van der Waals surface area contributed by atoms with E-state index in [0.717, 1.165) is 36.7 Å². The smallest absolute Gasteiger partial charge is 0.337 e. The van der Waals surface area contributed by atoms with Crippen LogP contribution < -0.4 is 4.72 Å². The number of aromatic hydroxyl groups is 1. The summed E-state index contributed by atoms with van der Waals surface area (Å²) in [6, 6.07) is 3.84. The lowest BCUT2D eigenvalue weighted by Gasteiger charge is -2.10. The minimum absolute atomic E-state index is 0.260. The van der Waals surface area contributed by atoms with Crippen molar-refractivity contribution in [1.29, 1.82) is 0 Å². The van der Waals surface area contributed by atoms with E-state index in [9.17, 15) is 22.7 Å². The van der Waals surface area contributed by atoms with Gasteiger partial charge in [-0.1, -0.05) is 0 Å². The quantitative estimate of drug-likeness (QED) is 0.735. The number of rotatable bonds is 4. The summed E-state index contributed by atoms with van der Waals surface area (Å²) in [5.41, 5.74) is -0.701. The molecule has 110 valence electrons. The number of anilines is 1. The second kappa shape index (κ2) is 5.37. The van der Waals surface area contributed by atoms with E-state index in [0.29, 0.717) is 0 Å². The molecule has 0 amide bonds. The number of carboxylic acids is 1. The second-order valence-electron chi connectivity index (χ2n) is 3.98. The minimum Gasteiger partial charge on any atom is -0.508 e. The lowest BCUT2D eigenvalue weighted by atomic mass is 10.2. The third-order valence-electron chi connectivity index (χ3n) is 2.47. The summed E-state index contributed by atoms with van der Waals surface area (Å²) in [5, 5.41) is 18.2. The third-order valence-corrected chi connectivity index (χ3v) is 3.80. The second-order valence-corrected chi connectivity index (χ2v) is 5.66. The molecule has 9 heteroatoms. The highest BCUT2D eigenvalue weighted by Crippen LogP contribution is 2.24. The Kier molecular flexibility index (Phi) is 3.76. The lowest BCUT2D eigenvalue weighted by molar-refractivity contribution is 0.0697. The molecule has 0 radical (unpaired) electrons. The molecule has 0 aliphatic carbocycles. The Labute approximate surface area is 118 Å². The monoisotopic (exact) mass is 312 g/mol. The van der Waals surface area contributed by atoms with Gasteiger partial charge in [-0.15, -0.1) is 0 Å². The first-order valence-electron chi connectivity index (χ1n) is 5.49. The standard InChI is InChI=1S/C12H9FN2O5S/c13-7-3-9(6-14-5-7)21(19,20)15-11-2-1-8(16)4-10(11)12(17)18/h1-6,15-16H,(H,17,18). The van der Waals surface area contributed by atoms with Crippen molar-refractivity contribution in [2.75, 3.05) is 4.72 Å². The van der Waals surface area contributed by atoms with Crippen LogP contribution in [0.5, 0.6) is 5.75 Å². The summed E-state index contributed by atoms with van der Waals surface area (Å²) >= 11 is 0. The van der Waals surface area contributed by atoms with E-state index in [1.54, 1.807) is 0 Å². The van der Waals surface area contributed by atoms with Crippen molar-refractivity contribution >= 4 is 21.7 Å². The Hall–Kier alpha value is -2.68. The highest BCUT2D eigenvalue weighted by molar-refractivity contribution is 7.92. The van der Waals surface area contributed by atoms with Crippen molar-refractivity contribution in [3.63, 3.8) is 0 Å². The van der Waals surface area contributed by atoms with E-state index in [-0.39, 0.29) is 11.4 Å². The topological polar surface area (TPSA) is 117 Å². The molecule has 0 bridgehead atoms. The number of hydrogen-bond acceptors (Lipinski definition) is 5. The fraction of sp³-hybridized carbons (Fsp3) is 0. The van der Waals surface area contributed by atoms with E-state index >= 15 is 0 Å². The van der Waals surface area contributed by atoms with E-state index < -0.39 is 32.3 Å². The molecule has 0 saturated heterocycles. The van der Waals surface area contributed by atoms with Crippen molar-refractivity contribution in [3.05, 3.63) is 48.0 Å². The van der Waals surface area contributed by atoms with E-state index in [1.165, 1.54) is 0 Å². The zero-order chi connectivity index (χ0) is 15.6. The molecule has 0 unspecified atom stereocenters. The lowest BCUT2D eigenvalue weighted by Crippen LogP contribution is -2.16. The summed E-state index contributed by atoms with van der Waals surface area (Å²) < 4.78 is 39.1. The molecule has 3 N–H and O–H groups in total. The number of pyridine rings is 1. The highest BCUT2D eigenvalue weighted by atomic mass is 32.2. The summed E-state index contributed by atoms with van der Waals surface area (Å²) in [6.45, 7) is 0. The molecule has 2 rings (SSSR count). The third kappa shape index (κ3) is 3.26. The molecule has 0 aliphatic rings. The van der Waals surface area contributed by atoms with Crippen molar-refractivity contribution in [2.24, 2.45) is 0 Å². The first kappa shape index (κ1) is 14.7. The number of hydrogen-bond donors (Lipinski definition) is 3.